The molecule has 0 radical (unpaired) electrons. The van der Waals surface area contributed by atoms with Crippen LogP contribution in [0.4, 0.5) is 0 Å². The first kappa shape index (κ1) is 13.6. The van der Waals surface area contributed by atoms with Gasteiger partial charge in [-0.1, -0.05) is 0 Å². The quantitative estimate of drug-likeness (QED) is 0.356. The average molecular weight is 282 g/mol. The van der Waals surface area contributed by atoms with Crippen molar-refractivity contribution in [3.8, 4) is 0 Å². The molecule has 2 rings (SSSR count). The summed E-state index contributed by atoms with van der Waals surface area (Å²) in [4.78, 5) is 40.2. The van der Waals surface area contributed by atoms with E-state index in [1.807, 2.05) is 5.43 Å². The Hall–Kier alpha value is -1.80. The van der Waals surface area contributed by atoms with Crippen LogP contribution in [0.15, 0.2) is 5.38 Å². The normalized spacial score (nSPS) is 16.4. The number of aromatic nitrogens is 1. The van der Waals surface area contributed by atoms with Gasteiger partial charge < -0.3 is 0 Å². The molecular formula is C11H14N4O3S. The van der Waals surface area contributed by atoms with E-state index in [0.29, 0.717) is 18.5 Å². The highest BCUT2D eigenvalue weighted by molar-refractivity contribution is 7.11. The van der Waals surface area contributed by atoms with Crippen molar-refractivity contribution in [2.75, 3.05) is 0 Å². The van der Waals surface area contributed by atoms with E-state index in [4.69, 9.17) is 5.84 Å². The van der Waals surface area contributed by atoms with Gasteiger partial charge in [-0.25, -0.2) is 10.8 Å². The molecule has 0 saturated carbocycles. The van der Waals surface area contributed by atoms with Crippen LogP contribution in [0.1, 0.15) is 41.2 Å². The van der Waals surface area contributed by atoms with Gasteiger partial charge in [0.15, 0.2) is 5.01 Å². The number of amides is 3. The molecule has 1 aromatic rings. The van der Waals surface area contributed by atoms with Crippen LogP contribution in [0.3, 0.4) is 0 Å². The van der Waals surface area contributed by atoms with E-state index in [9.17, 15) is 14.4 Å². The number of nitrogen functional groups attached to an aromatic ring is 1. The molecule has 0 aromatic carbocycles. The number of imide groups is 1. The molecule has 0 aliphatic carbocycles. The maximum Gasteiger partial charge on any atom is 0.294 e. The first-order valence-electron chi connectivity index (χ1n) is 5.90. The molecule has 1 saturated heterocycles. The van der Waals surface area contributed by atoms with Gasteiger partial charge in [0, 0.05) is 18.2 Å². The Morgan fingerprint density at radius 1 is 1.37 bits per heavy atom. The Bertz CT molecular complexity index is 496. The lowest BCUT2D eigenvalue weighted by Crippen LogP contribution is -2.34. The Labute approximate surface area is 113 Å². The Morgan fingerprint density at radius 3 is 2.58 bits per heavy atom. The molecule has 102 valence electrons. The van der Waals surface area contributed by atoms with E-state index in [0.717, 1.165) is 24.2 Å². The molecule has 7 nitrogen and oxygen atoms in total. The molecule has 0 spiro atoms. The number of carbonyl (C=O) groups excluding carboxylic acids is 3. The molecule has 0 unspecified atom stereocenters. The van der Waals surface area contributed by atoms with Crippen LogP contribution in [0.5, 0.6) is 0 Å². The predicted molar refractivity (Wildman–Crippen MR) is 67.8 cm³/mol. The molecule has 19 heavy (non-hydrogen) atoms. The second kappa shape index (κ2) is 5.89. The molecular weight excluding hydrogens is 268 g/mol. The van der Waals surface area contributed by atoms with Gasteiger partial charge in [0.1, 0.15) is 0 Å². The zero-order valence-electron chi connectivity index (χ0n) is 10.2. The fraction of sp³-hybridized carbons (Fsp3) is 0.455. The lowest BCUT2D eigenvalue weighted by molar-refractivity contribution is -0.144. The monoisotopic (exact) mass is 282 g/mol. The van der Waals surface area contributed by atoms with E-state index >= 15 is 0 Å². The summed E-state index contributed by atoms with van der Waals surface area (Å²) in [6.07, 6.45) is 2.23. The summed E-state index contributed by atoms with van der Waals surface area (Å²) in [5.74, 6) is 4.17. The van der Waals surface area contributed by atoms with Crippen LogP contribution in [0.2, 0.25) is 0 Å². The number of hydrazine groups is 1. The minimum absolute atomic E-state index is 0.117. The first-order valence-corrected chi connectivity index (χ1v) is 6.78. The summed E-state index contributed by atoms with van der Waals surface area (Å²) >= 11 is 1.13. The number of hydrogen-bond acceptors (Lipinski definition) is 6. The molecule has 3 amide bonds. The third-order valence-corrected chi connectivity index (χ3v) is 3.72. The fourth-order valence-electron chi connectivity index (χ4n) is 1.85. The van der Waals surface area contributed by atoms with Crippen LogP contribution in [0, 0.1) is 0 Å². The summed E-state index contributed by atoms with van der Waals surface area (Å²) in [6.45, 7) is 0.117. The van der Waals surface area contributed by atoms with Crippen LogP contribution in [0.25, 0.3) is 0 Å². The Morgan fingerprint density at radius 2 is 2.00 bits per heavy atom. The van der Waals surface area contributed by atoms with Gasteiger partial charge >= 0.3 is 0 Å². The molecule has 2 heterocycles. The summed E-state index contributed by atoms with van der Waals surface area (Å²) < 4.78 is 0. The number of hydrogen-bond donors (Lipinski definition) is 2. The minimum atomic E-state index is -0.482. The van der Waals surface area contributed by atoms with Gasteiger partial charge in [0.2, 0.25) is 11.8 Å². The lowest BCUT2D eigenvalue weighted by Gasteiger charge is -2.17. The number of carbonyl (C=O) groups is 3. The second-order valence-corrected chi connectivity index (χ2v) is 5.06. The zero-order chi connectivity index (χ0) is 13.8. The maximum atomic E-state index is 11.8. The highest BCUT2D eigenvalue weighted by Crippen LogP contribution is 2.17. The molecule has 0 bridgehead atoms. The number of likely N-dealkylation sites (tertiary alicyclic amines) is 1. The van der Waals surface area contributed by atoms with E-state index in [1.54, 1.807) is 5.38 Å². The van der Waals surface area contributed by atoms with Crippen molar-refractivity contribution in [1.29, 1.82) is 0 Å². The number of thiazole rings is 1. The van der Waals surface area contributed by atoms with Crippen molar-refractivity contribution < 1.29 is 14.4 Å². The van der Waals surface area contributed by atoms with Crippen molar-refractivity contribution >= 4 is 29.1 Å². The van der Waals surface area contributed by atoms with Crippen molar-refractivity contribution in [2.45, 2.75) is 32.2 Å². The van der Waals surface area contributed by atoms with Gasteiger partial charge in [0.25, 0.3) is 5.91 Å². The number of nitrogens with zero attached hydrogens (tertiary/aromatic N) is 2. The van der Waals surface area contributed by atoms with Crippen molar-refractivity contribution in [1.82, 2.24) is 15.3 Å². The predicted octanol–water partition coefficient (Wildman–Crippen LogP) is 0.176. The standard InChI is InChI=1S/C11H14N4O3S/c12-14-10(18)11-13-7(6-19-11)5-15-8(16)3-1-2-4-9(15)17/h6H,1-5,12H2,(H,14,18). The van der Waals surface area contributed by atoms with Gasteiger partial charge in [-0.05, 0) is 12.8 Å². The number of nitrogens with one attached hydrogen (secondary N) is 1. The average Bonchev–Trinajstić information content (AvgIpc) is 2.82. The highest BCUT2D eigenvalue weighted by Gasteiger charge is 2.25. The molecule has 1 fully saturated rings. The number of rotatable bonds is 3. The van der Waals surface area contributed by atoms with Gasteiger partial charge in [-0.2, -0.15) is 0 Å². The molecule has 1 aliphatic heterocycles. The van der Waals surface area contributed by atoms with Crippen molar-refractivity contribution in [3.63, 3.8) is 0 Å². The lowest BCUT2D eigenvalue weighted by atomic mass is 10.2. The van der Waals surface area contributed by atoms with Crippen LogP contribution in [-0.4, -0.2) is 27.6 Å². The Balaban J connectivity index is 2.10. The highest BCUT2D eigenvalue weighted by atomic mass is 32.1. The molecule has 3 N–H and O–H groups in total. The largest absolute Gasteiger partial charge is 0.294 e. The molecule has 1 aliphatic rings. The fourth-order valence-corrected chi connectivity index (χ4v) is 2.56. The third kappa shape index (κ3) is 3.15. The molecule has 0 atom stereocenters. The van der Waals surface area contributed by atoms with Gasteiger partial charge in [-0.15, -0.1) is 11.3 Å². The van der Waals surface area contributed by atoms with E-state index in [1.165, 1.54) is 4.90 Å². The first-order chi connectivity index (χ1) is 9.11. The van der Waals surface area contributed by atoms with Crippen molar-refractivity contribution in [3.05, 3.63) is 16.1 Å². The van der Waals surface area contributed by atoms with Crippen LogP contribution in [-0.2, 0) is 16.1 Å². The zero-order valence-corrected chi connectivity index (χ0v) is 11.0. The summed E-state index contributed by atoms with van der Waals surface area (Å²) in [5.41, 5.74) is 2.51. The number of nitrogens with two attached hydrogens (primary N) is 1. The van der Waals surface area contributed by atoms with Gasteiger partial charge in [0.05, 0.1) is 12.2 Å². The van der Waals surface area contributed by atoms with Crippen molar-refractivity contribution in [2.24, 2.45) is 5.84 Å². The Kier molecular flexibility index (Phi) is 4.23. The van der Waals surface area contributed by atoms with Gasteiger partial charge in [-0.3, -0.25) is 24.7 Å². The topological polar surface area (TPSA) is 105 Å². The minimum Gasteiger partial charge on any atom is -0.288 e. The summed E-state index contributed by atoms with van der Waals surface area (Å²) in [6, 6.07) is 0. The third-order valence-electron chi connectivity index (χ3n) is 2.83. The summed E-state index contributed by atoms with van der Waals surface area (Å²) in [7, 11) is 0. The van der Waals surface area contributed by atoms with Crippen LogP contribution >= 0.6 is 11.3 Å². The van der Waals surface area contributed by atoms with E-state index in [2.05, 4.69) is 4.98 Å². The second-order valence-electron chi connectivity index (χ2n) is 4.20. The molecule has 1 aromatic heterocycles. The maximum absolute atomic E-state index is 11.8. The summed E-state index contributed by atoms with van der Waals surface area (Å²) in [5, 5.41) is 1.86. The SMILES string of the molecule is NNC(=O)c1nc(CN2C(=O)CCCCC2=O)cs1. The van der Waals surface area contributed by atoms with E-state index in [-0.39, 0.29) is 23.4 Å². The molecule has 8 heteroatoms. The van der Waals surface area contributed by atoms with E-state index < -0.39 is 5.91 Å². The van der Waals surface area contributed by atoms with Crippen LogP contribution < -0.4 is 11.3 Å². The smallest absolute Gasteiger partial charge is 0.288 e.